The third kappa shape index (κ3) is 3.58. The smallest absolute Gasteiger partial charge is 0.322 e. The first kappa shape index (κ1) is 16.2. The Morgan fingerprint density at radius 2 is 2.21 bits per heavy atom. The van der Waals surface area contributed by atoms with E-state index in [1.54, 1.807) is 0 Å². The van der Waals surface area contributed by atoms with Gasteiger partial charge in [-0.25, -0.2) is 0 Å². The van der Waals surface area contributed by atoms with Crippen LogP contribution in [-0.4, -0.2) is 43.8 Å². The largest absolute Gasteiger partial charge is 0.468 e. The normalized spacial score (nSPS) is 26.4. The van der Waals surface area contributed by atoms with Crippen LogP contribution in [0.4, 0.5) is 0 Å². The molecule has 2 fully saturated rings. The van der Waals surface area contributed by atoms with E-state index in [0.717, 1.165) is 19.3 Å². The zero-order valence-electron chi connectivity index (χ0n) is 11.0. The Morgan fingerprint density at radius 3 is 2.79 bits per heavy atom. The van der Waals surface area contributed by atoms with Gasteiger partial charge in [-0.3, -0.25) is 9.59 Å². The Labute approximate surface area is 118 Å². The minimum atomic E-state index is -0.722. The minimum Gasteiger partial charge on any atom is -0.468 e. The number of carbonyl (C=O) groups is 2. The van der Waals surface area contributed by atoms with Gasteiger partial charge in [0.05, 0.1) is 7.11 Å². The molecule has 2 rings (SSSR count). The van der Waals surface area contributed by atoms with Crippen LogP contribution in [0.2, 0.25) is 0 Å². The van der Waals surface area contributed by atoms with Gasteiger partial charge in [0.2, 0.25) is 5.91 Å². The molecule has 0 bridgehead atoms. The number of hydrogen-bond acceptors (Lipinski definition) is 5. The number of methoxy groups -OCH3 is 1. The SMILES string of the molecule is COC(=O)C(N)CC1CC2(CCOCC2)NC1=O.Cl. The maximum Gasteiger partial charge on any atom is 0.322 e. The fourth-order valence-corrected chi connectivity index (χ4v) is 2.81. The molecule has 19 heavy (non-hydrogen) atoms. The average molecular weight is 293 g/mol. The van der Waals surface area contributed by atoms with Gasteiger partial charge in [0.25, 0.3) is 0 Å². The zero-order chi connectivity index (χ0) is 13.2. The van der Waals surface area contributed by atoms with Crippen LogP contribution in [0.3, 0.4) is 0 Å². The average Bonchev–Trinajstić information content (AvgIpc) is 2.65. The second-order valence-corrected chi connectivity index (χ2v) is 5.15. The fourth-order valence-electron chi connectivity index (χ4n) is 2.81. The quantitative estimate of drug-likeness (QED) is 0.714. The number of amides is 1. The van der Waals surface area contributed by atoms with Gasteiger partial charge in [-0.15, -0.1) is 12.4 Å². The molecule has 1 spiro atoms. The topological polar surface area (TPSA) is 90.7 Å². The molecule has 2 heterocycles. The highest BCUT2D eigenvalue weighted by molar-refractivity contribution is 5.85. The second-order valence-electron chi connectivity index (χ2n) is 5.15. The van der Waals surface area contributed by atoms with Gasteiger partial charge in [0.1, 0.15) is 6.04 Å². The Morgan fingerprint density at radius 1 is 1.58 bits per heavy atom. The van der Waals surface area contributed by atoms with Crippen LogP contribution in [0.25, 0.3) is 0 Å². The van der Waals surface area contributed by atoms with Crippen molar-refractivity contribution in [3.63, 3.8) is 0 Å². The van der Waals surface area contributed by atoms with Crippen LogP contribution < -0.4 is 11.1 Å². The van der Waals surface area contributed by atoms with Gasteiger partial charge < -0.3 is 20.5 Å². The van der Waals surface area contributed by atoms with Crippen molar-refractivity contribution in [3.8, 4) is 0 Å². The van der Waals surface area contributed by atoms with Crippen LogP contribution in [0.1, 0.15) is 25.7 Å². The van der Waals surface area contributed by atoms with Crippen LogP contribution in [0.15, 0.2) is 0 Å². The molecule has 6 nitrogen and oxygen atoms in total. The van der Waals surface area contributed by atoms with Crippen molar-refractivity contribution < 1.29 is 19.1 Å². The first-order valence-corrected chi connectivity index (χ1v) is 6.29. The highest BCUT2D eigenvalue weighted by Crippen LogP contribution is 2.35. The lowest BCUT2D eigenvalue weighted by molar-refractivity contribution is -0.142. The van der Waals surface area contributed by atoms with Crippen LogP contribution in [0, 0.1) is 5.92 Å². The molecule has 0 radical (unpaired) electrons. The predicted molar refractivity (Wildman–Crippen MR) is 70.9 cm³/mol. The maximum absolute atomic E-state index is 11.9. The molecular formula is C12H21ClN2O4. The monoisotopic (exact) mass is 292 g/mol. The summed E-state index contributed by atoms with van der Waals surface area (Å²) in [5, 5.41) is 3.06. The van der Waals surface area contributed by atoms with E-state index in [4.69, 9.17) is 10.5 Å². The number of hydrogen-bond donors (Lipinski definition) is 2. The van der Waals surface area contributed by atoms with Crippen molar-refractivity contribution in [3.05, 3.63) is 0 Å². The van der Waals surface area contributed by atoms with Crippen molar-refractivity contribution in [1.82, 2.24) is 5.32 Å². The molecule has 0 aromatic rings. The minimum absolute atomic E-state index is 0. The van der Waals surface area contributed by atoms with Crippen molar-refractivity contribution >= 4 is 24.3 Å². The van der Waals surface area contributed by atoms with E-state index < -0.39 is 12.0 Å². The van der Waals surface area contributed by atoms with Crippen molar-refractivity contribution in [2.75, 3.05) is 20.3 Å². The molecule has 2 unspecified atom stereocenters. The molecule has 0 aromatic heterocycles. The molecule has 2 atom stereocenters. The molecule has 7 heteroatoms. The summed E-state index contributed by atoms with van der Waals surface area (Å²) in [5.74, 6) is -0.663. The molecule has 1 amide bonds. The molecule has 2 aliphatic heterocycles. The number of esters is 1. The lowest BCUT2D eigenvalue weighted by Gasteiger charge is -2.33. The number of nitrogens with two attached hydrogens (primary N) is 1. The van der Waals surface area contributed by atoms with E-state index in [1.165, 1.54) is 7.11 Å². The number of carbonyl (C=O) groups excluding carboxylic acids is 2. The first-order chi connectivity index (χ1) is 8.56. The third-order valence-electron chi connectivity index (χ3n) is 3.89. The number of ether oxygens (including phenoxy) is 2. The second kappa shape index (κ2) is 6.54. The summed E-state index contributed by atoms with van der Waals surface area (Å²) in [5.41, 5.74) is 5.57. The molecule has 0 saturated carbocycles. The van der Waals surface area contributed by atoms with Gasteiger partial charge >= 0.3 is 5.97 Å². The summed E-state index contributed by atoms with van der Waals surface area (Å²) in [6, 6.07) is -0.722. The number of rotatable bonds is 3. The summed E-state index contributed by atoms with van der Waals surface area (Å²) in [4.78, 5) is 23.2. The van der Waals surface area contributed by atoms with Crippen LogP contribution in [-0.2, 0) is 19.1 Å². The van der Waals surface area contributed by atoms with Gasteiger partial charge in [0, 0.05) is 24.7 Å². The number of nitrogens with one attached hydrogen (secondary N) is 1. The standard InChI is InChI=1S/C12H20N2O4.ClH/c1-17-11(16)9(13)6-8-7-12(14-10(8)15)2-4-18-5-3-12;/h8-9H,2-7,13H2,1H3,(H,14,15);1H. The van der Waals surface area contributed by atoms with Crippen LogP contribution in [0.5, 0.6) is 0 Å². The summed E-state index contributed by atoms with van der Waals surface area (Å²) in [6.45, 7) is 1.35. The predicted octanol–water partition coefficient (Wildman–Crippen LogP) is -0.0161. The molecule has 0 aromatic carbocycles. The Bertz CT molecular complexity index is 345. The molecule has 2 saturated heterocycles. The van der Waals surface area contributed by atoms with Crippen molar-refractivity contribution in [1.29, 1.82) is 0 Å². The van der Waals surface area contributed by atoms with E-state index in [9.17, 15) is 9.59 Å². The van der Waals surface area contributed by atoms with E-state index >= 15 is 0 Å². The van der Waals surface area contributed by atoms with Gasteiger partial charge in [-0.2, -0.15) is 0 Å². The van der Waals surface area contributed by atoms with Gasteiger partial charge in [0.15, 0.2) is 0 Å². The zero-order valence-corrected chi connectivity index (χ0v) is 11.8. The molecule has 3 N–H and O–H groups in total. The lowest BCUT2D eigenvalue weighted by atomic mass is 9.84. The molecule has 2 aliphatic rings. The Balaban J connectivity index is 0.00000180. The summed E-state index contributed by atoms with van der Waals surface area (Å²) < 4.78 is 9.89. The molecule has 0 aliphatic carbocycles. The van der Waals surface area contributed by atoms with Crippen LogP contribution >= 0.6 is 12.4 Å². The number of halogens is 1. The Hall–Kier alpha value is -0.850. The van der Waals surface area contributed by atoms with Crippen molar-refractivity contribution in [2.45, 2.75) is 37.3 Å². The Kier molecular flexibility index (Phi) is 5.58. The van der Waals surface area contributed by atoms with E-state index in [-0.39, 0.29) is 29.8 Å². The fraction of sp³-hybridized carbons (Fsp3) is 0.833. The summed E-state index contributed by atoms with van der Waals surface area (Å²) >= 11 is 0. The van der Waals surface area contributed by atoms with E-state index in [2.05, 4.69) is 10.1 Å². The lowest BCUT2D eigenvalue weighted by Crippen LogP contribution is -2.45. The highest BCUT2D eigenvalue weighted by atomic mass is 35.5. The highest BCUT2D eigenvalue weighted by Gasteiger charge is 2.45. The third-order valence-corrected chi connectivity index (χ3v) is 3.89. The van der Waals surface area contributed by atoms with E-state index in [1.807, 2.05) is 0 Å². The summed E-state index contributed by atoms with van der Waals surface area (Å²) in [6.07, 6.45) is 2.76. The first-order valence-electron chi connectivity index (χ1n) is 6.29. The molecule has 110 valence electrons. The van der Waals surface area contributed by atoms with Crippen molar-refractivity contribution in [2.24, 2.45) is 11.7 Å². The van der Waals surface area contributed by atoms with Gasteiger partial charge in [-0.05, 0) is 25.7 Å². The van der Waals surface area contributed by atoms with E-state index in [0.29, 0.717) is 19.6 Å². The maximum atomic E-state index is 11.9. The summed E-state index contributed by atoms with van der Waals surface area (Å²) in [7, 11) is 1.30. The van der Waals surface area contributed by atoms with Gasteiger partial charge in [-0.1, -0.05) is 0 Å². The molecular weight excluding hydrogens is 272 g/mol.